The monoisotopic (exact) mass is 293 g/mol. The Labute approximate surface area is 108 Å². The molecule has 1 rings (SSSR count). The number of aliphatic hydroxyl groups is 1. The first-order valence-corrected chi connectivity index (χ1v) is 6.49. The number of sulfonamides is 1. The van der Waals surface area contributed by atoms with Crippen LogP contribution in [0.1, 0.15) is 5.56 Å². The normalized spacial score (nSPS) is 11.8. The van der Waals surface area contributed by atoms with Crippen molar-refractivity contribution in [1.82, 2.24) is 4.72 Å². The van der Waals surface area contributed by atoms with Crippen LogP contribution in [-0.2, 0) is 10.0 Å². The molecule has 19 heavy (non-hydrogen) atoms. The third-order valence-electron chi connectivity index (χ3n) is 1.94. The van der Waals surface area contributed by atoms with Gasteiger partial charge in [-0.3, -0.25) is 0 Å². The Hall–Kier alpha value is -1.56. The van der Waals surface area contributed by atoms with Crippen LogP contribution in [0.3, 0.4) is 0 Å². The number of alkyl halides is 3. The lowest BCUT2D eigenvalue weighted by atomic mass is 10.2. The first kappa shape index (κ1) is 15.5. The SMILES string of the molecule is O=S(=O)(NCC(F)(F)F)c1ccc(C#CCO)cc1. The smallest absolute Gasteiger partial charge is 0.384 e. The molecule has 0 amide bonds. The standard InChI is InChI=1S/C11H10F3NO3S/c12-11(13,14)8-15-19(17,18)10-5-3-9(4-6-10)2-1-7-16/h3-6,15-16H,7-8H2. The number of rotatable bonds is 3. The van der Waals surface area contributed by atoms with Gasteiger partial charge in [0.25, 0.3) is 0 Å². The van der Waals surface area contributed by atoms with E-state index in [-0.39, 0.29) is 11.5 Å². The van der Waals surface area contributed by atoms with Crippen LogP contribution in [0, 0.1) is 11.8 Å². The molecule has 0 spiro atoms. The van der Waals surface area contributed by atoms with Crippen molar-refractivity contribution in [2.75, 3.05) is 13.2 Å². The van der Waals surface area contributed by atoms with E-state index in [1.807, 2.05) is 0 Å². The summed E-state index contributed by atoms with van der Waals surface area (Å²) in [5, 5.41) is 8.47. The lowest BCUT2D eigenvalue weighted by Crippen LogP contribution is -2.33. The Balaban J connectivity index is 2.85. The molecule has 0 saturated carbocycles. The van der Waals surface area contributed by atoms with Gasteiger partial charge in [-0.15, -0.1) is 0 Å². The highest BCUT2D eigenvalue weighted by Crippen LogP contribution is 2.15. The van der Waals surface area contributed by atoms with Gasteiger partial charge in [0, 0.05) is 5.56 Å². The molecule has 0 atom stereocenters. The van der Waals surface area contributed by atoms with Crippen LogP contribution < -0.4 is 4.72 Å². The van der Waals surface area contributed by atoms with Crippen molar-refractivity contribution in [3.63, 3.8) is 0 Å². The van der Waals surface area contributed by atoms with Crippen LogP contribution in [-0.4, -0.2) is 32.9 Å². The van der Waals surface area contributed by atoms with E-state index < -0.39 is 22.7 Å². The summed E-state index contributed by atoms with van der Waals surface area (Å²) in [4.78, 5) is -0.286. The molecule has 2 N–H and O–H groups in total. The van der Waals surface area contributed by atoms with Gasteiger partial charge in [0.05, 0.1) is 4.90 Å². The van der Waals surface area contributed by atoms with Gasteiger partial charge in [-0.05, 0) is 24.3 Å². The van der Waals surface area contributed by atoms with Gasteiger partial charge in [-0.1, -0.05) is 11.8 Å². The molecular weight excluding hydrogens is 283 g/mol. The molecular formula is C11H10F3NO3S. The minimum Gasteiger partial charge on any atom is -0.384 e. The minimum absolute atomic E-state index is 0.286. The number of benzene rings is 1. The van der Waals surface area contributed by atoms with Crippen molar-refractivity contribution >= 4 is 10.0 Å². The highest BCUT2D eigenvalue weighted by Gasteiger charge is 2.29. The molecule has 0 aliphatic heterocycles. The summed E-state index contributed by atoms with van der Waals surface area (Å²) in [6.45, 7) is -1.96. The predicted octanol–water partition coefficient (Wildman–Crippen LogP) is 0.871. The van der Waals surface area contributed by atoms with Crippen LogP contribution >= 0.6 is 0 Å². The van der Waals surface area contributed by atoms with Crippen LogP contribution in [0.5, 0.6) is 0 Å². The van der Waals surface area contributed by atoms with Gasteiger partial charge < -0.3 is 5.11 Å². The summed E-state index contributed by atoms with van der Waals surface area (Å²) < 4.78 is 60.3. The van der Waals surface area contributed by atoms with Crippen molar-refractivity contribution in [3.8, 4) is 11.8 Å². The lowest BCUT2D eigenvalue weighted by molar-refractivity contribution is -0.121. The van der Waals surface area contributed by atoms with E-state index in [2.05, 4.69) is 11.8 Å². The van der Waals surface area contributed by atoms with E-state index >= 15 is 0 Å². The van der Waals surface area contributed by atoms with Crippen molar-refractivity contribution in [2.24, 2.45) is 0 Å². The van der Waals surface area contributed by atoms with Crippen LogP contribution in [0.4, 0.5) is 13.2 Å². The van der Waals surface area contributed by atoms with Gasteiger partial charge in [0.15, 0.2) is 0 Å². The predicted molar refractivity (Wildman–Crippen MR) is 61.6 cm³/mol. The fourth-order valence-electron chi connectivity index (χ4n) is 1.12. The molecule has 0 radical (unpaired) electrons. The van der Waals surface area contributed by atoms with Gasteiger partial charge in [-0.2, -0.15) is 13.2 Å². The number of aliphatic hydroxyl groups excluding tert-OH is 1. The molecule has 0 aliphatic rings. The summed E-state index contributed by atoms with van der Waals surface area (Å²) in [6.07, 6.45) is -4.61. The van der Waals surface area contributed by atoms with Gasteiger partial charge in [0.1, 0.15) is 13.2 Å². The quantitative estimate of drug-likeness (QED) is 0.813. The highest BCUT2D eigenvalue weighted by molar-refractivity contribution is 7.89. The van der Waals surface area contributed by atoms with Crippen LogP contribution in [0.2, 0.25) is 0 Å². The summed E-state index contributed by atoms with van der Waals surface area (Å²) >= 11 is 0. The number of hydrogen-bond acceptors (Lipinski definition) is 3. The van der Waals surface area contributed by atoms with E-state index in [0.717, 1.165) is 12.1 Å². The molecule has 4 nitrogen and oxygen atoms in total. The second-order valence-corrected chi connectivity index (χ2v) is 5.19. The Bertz CT molecular complexity index is 582. The largest absolute Gasteiger partial charge is 0.402 e. The van der Waals surface area contributed by atoms with E-state index in [0.29, 0.717) is 5.56 Å². The second-order valence-electron chi connectivity index (χ2n) is 3.42. The van der Waals surface area contributed by atoms with Crippen molar-refractivity contribution < 1.29 is 26.7 Å². The first-order chi connectivity index (χ1) is 8.74. The first-order valence-electron chi connectivity index (χ1n) is 5.01. The van der Waals surface area contributed by atoms with E-state index in [4.69, 9.17) is 5.11 Å². The number of nitrogens with one attached hydrogen (secondary N) is 1. The summed E-state index contributed by atoms with van der Waals surface area (Å²) in [6, 6.07) is 4.95. The molecule has 0 fully saturated rings. The minimum atomic E-state index is -4.61. The van der Waals surface area contributed by atoms with Crippen molar-refractivity contribution in [1.29, 1.82) is 0 Å². The van der Waals surface area contributed by atoms with Gasteiger partial charge in [0.2, 0.25) is 10.0 Å². The van der Waals surface area contributed by atoms with Crippen LogP contribution in [0.25, 0.3) is 0 Å². The zero-order valence-corrected chi connectivity index (χ0v) is 10.3. The lowest BCUT2D eigenvalue weighted by Gasteiger charge is -2.09. The van der Waals surface area contributed by atoms with E-state index in [1.165, 1.54) is 16.9 Å². The fraction of sp³-hybridized carbons (Fsp3) is 0.273. The highest BCUT2D eigenvalue weighted by atomic mass is 32.2. The molecule has 0 heterocycles. The maximum absolute atomic E-state index is 11.9. The summed E-state index contributed by atoms with van der Waals surface area (Å²) in [5.41, 5.74) is 0.448. The molecule has 1 aromatic carbocycles. The molecule has 104 valence electrons. The average molecular weight is 293 g/mol. The van der Waals surface area contributed by atoms with E-state index in [9.17, 15) is 21.6 Å². The maximum atomic E-state index is 11.9. The Morgan fingerprint density at radius 2 is 1.79 bits per heavy atom. The molecule has 0 saturated heterocycles. The molecule has 0 aliphatic carbocycles. The average Bonchev–Trinajstić information content (AvgIpc) is 2.34. The van der Waals surface area contributed by atoms with Gasteiger partial charge >= 0.3 is 6.18 Å². The van der Waals surface area contributed by atoms with Crippen molar-refractivity contribution in [3.05, 3.63) is 29.8 Å². The molecule has 0 unspecified atom stereocenters. The molecule has 8 heteroatoms. The molecule has 0 aromatic heterocycles. The Morgan fingerprint density at radius 3 is 2.26 bits per heavy atom. The molecule has 1 aromatic rings. The van der Waals surface area contributed by atoms with E-state index in [1.54, 1.807) is 0 Å². The van der Waals surface area contributed by atoms with Crippen molar-refractivity contribution in [2.45, 2.75) is 11.1 Å². The number of hydrogen-bond donors (Lipinski definition) is 2. The molecule has 0 bridgehead atoms. The Morgan fingerprint density at radius 1 is 1.21 bits per heavy atom. The van der Waals surface area contributed by atoms with Crippen LogP contribution in [0.15, 0.2) is 29.2 Å². The summed E-state index contributed by atoms with van der Waals surface area (Å²) in [7, 11) is -4.20. The summed E-state index contributed by atoms with van der Waals surface area (Å²) in [5.74, 6) is 4.89. The third-order valence-corrected chi connectivity index (χ3v) is 3.36. The van der Waals surface area contributed by atoms with Gasteiger partial charge in [-0.25, -0.2) is 13.1 Å². The maximum Gasteiger partial charge on any atom is 0.402 e. The second kappa shape index (κ2) is 6.06. The topological polar surface area (TPSA) is 66.4 Å². The third kappa shape index (κ3) is 5.30. The zero-order chi connectivity index (χ0) is 14.5. The zero-order valence-electron chi connectivity index (χ0n) is 9.53. The fourth-order valence-corrected chi connectivity index (χ4v) is 2.13. The number of halogens is 3. The Kier molecular flexibility index (Phi) is 4.94.